The number of aromatic nitrogens is 1. The fraction of sp³-hybridized carbons (Fsp3) is 0.152. The summed E-state index contributed by atoms with van der Waals surface area (Å²) in [6.07, 6.45) is 0.833. The van der Waals surface area contributed by atoms with Crippen LogP contribution in [0.15, 0.2) is 103 Å². The van der Waals surface area contributed by atoms with Crippen molar-refractivity contribution in [1.82, 2.24) is 14.8 Å². The standard InChI is InChI=1S/C33H27N3O2/c37-29(35-19-18-22-10-4-5-13-24(22)20-35)21-36-32(25-14-6-7-15-26(25)33(36)38)30-27-16-8-9-17-28(27)34-31(30)23-11-2-1-3-12-23/h1-17,32,34H,18-21H2/t32-/m1/s1. The van der Waals surface area contributed by atoms with Crippen LogP contribution < -0.4 is 0 Å². The zero-order chi connectivity index (χ0) is 25.6. The van der Waals surface area contributed by atoms with Crippen molar-refractivity contribution in [3.05, 3.63) is 131 Å². The predicted molar refractivity (Wildman–Crippen MR) is 149 cm³/mol. The van der Waals surface area contributed by atoms with Crippen LogP contribution in [-0.4, -0.2) is 39.7 Å². The van der Waals surface area contributed by atoms with Crippen molar-refractivity contribution in [2.75, 3.05) is 13.1 Å². The number of para-hydroxylation sites is 1. The van der Waals surface area contributed by atoms with E-state index in [0.717, 1.165) is 39.7 Å². The summed E-state index contributed by atoms with van der Waals surface area (Å²) in [5.41, 5.74) is 8.15. The molecule has 2 aliphatic rings. The molecule has 0 aliphatic carbocycles. The maximum Gasteiger partial charge on any atom is 0.255 e. The van der Waals surface area contributed by atoms with E-state index in [1.165, 1.54) is 11.1 Å². The molecule has 0 fully saturated rings. The Hall–Kier alpha value is -4.64. The van der Waals surface area contributed by atoms with E-state index in [0.29, 0.717) is 18.7 Å². The van der Waals surface area contributed by atoms with E-state index >= 15 is 0 Å². The second kappa shape index (κ2) is 9.03. The van der Waals surface area contributed by atoms with Gasteiger partial charge >= 0.3 is 0 Å². The first-order valence-corrected chi connectivity index (χ1v) is 13.1. The van der Waals surface area contributed by atoms with Crippen molar-refractivity contribution in [3.8, 4) is 11.3 Å². The van der Waals surface area contributed by atoms with Crippen LogP contribution in [0.3, 0.4) is 0 Å². The van der Waals surface area contributed by atoms with E-state index in [-0.39, 0.29) is 24.4 Å². The highest BCUT2D eigenvalue weighted by atomic mass is 16.2. The quantitative estimate of drug-likeness (QED) is 0.333. The molecule has 5 heteroatoms. The number of carbonyl (C=O) groups excluding carboxylic acids is 2. The number of hydrogen-bond acceptors (Lipinski definition) is 2. The fourth-order valence-corrected chi connectivity index (χ4v) is 6.08. The molecule has 186 valence electrons. The highest BCUT2D eigenvalue weighted by Crippen LogP contribution is 2.45. The molecule has 0 bridgehead atoms. The summed E-state index contributed by atoms with van der Waals surface area (Å²) in [6.45, 7) is 1.28. The van der Waals surface area contributed by atoms with E-state index in [1.807, 2.05) is 71.6 Å². The van der Waals surface area contributed by atoms with Gasteiger partial charge in [-0.3, -0.25) is 9.59 Å². The van der Waals surface area contributed by atoms with Crippen LogP contribution in [-0.2, 0) is 17.8 Å². The first kappa shape index (κ1) is 22.5. The smallest absolute Gasteiger partial charge is 0.255 e. The van der Waals surface area contributed by atoms with Gasteiger partial charge in [-0.05, 0) is 40.8 Å². The molecule has 0 saturated heterocycles. The molecule has 4 aromatic carbocycles. The number of carbonyl (C=O) groups is 2. The molecule has 0 unspecified atom stereocenters. The number of hydrogen-bond donors (Lipinski definition) is 1. The van der Waals surface area contributed by atoms with Crippen molar-refractivity contribution in [2.24, 2.45) is 0 Å². The third-order valence-electron chi connectivity index (χ3n) is 7.93. The predicted octanol–water partition coefficient (Wildman–Crippen LogP) is 5.97. The highest BCUT2D eigenvalue weighted by molar-refractivity contribution is 6.03. The Morgan fingerprint density at radius 2 is 1.53 bits per heavy atom. The van der Waals surface area contributed by atoms with Crippen LogP contribution in [0.25, 0.3) is 22.2 Å². The molecule has 1 N–H and O–H groups in total. The number of H-pyrrole nitrogens is 1. The maximum atomic E-state index is 13.8. The number of benzene rings is 4. The number of nitrogens with zero attached hydrogens (tertiary/aromatic N) is 2. The van der Waals surface area contributed by atoms with Gasteiger partial charge in [0.25, 0.3) is 5.91 Å². The largest absolute Gasteiger partial charge is 0.354 e. The first-order valence-electron chi connectivity index (χ1n) is 13.1. The summed E-state index contributed by atoms with van der Waals surface area (Å²) < 4.78 is 0. The van der Waals surface area contributed by atoms with Gasteiger partial charge in [0.05, 0.1) is 11.7 Å². The lowest BCUT2D eigenvalue weighted by molar-refractivity contribution is -0.133. The van der Waals surface area contributed by atoms with Crippen LogP contribution in [0, 0.1) is 0 Å². The van der Waals surface area contributed by atoms with Gasteiger partial charge in [-0.1, -0.05) is 91.0 Å². The second-order valence-electron chi connectivity index (χ2n) is 10.1. The lowest BCUT2D eigenvalue weighted by Crippen LogP contribution is -2.44. The van der Waals surface area contributed by atoms with E-state index in [1.54, 1.807) is 4.90 Å². The van der Waals surface area contributed by atoms with Gasteiger partial charge in [-0.25, -0.2) is 0 Å². The second-order valence-corrected chi connectivity index (χ2v) is 10.1. The van der Waals surface area contributed by atoms with Crippen LogP contribution in [0.1, 0.15) is 38.7 Å². The van der Waals surface area contributed by atoms with Gasteiger partial charge in [-0.15, -0.1) is 0 Å². The Bertz CT molecular complexity index is 1690. The molecule has 1 aromatic heterocycles. The Labute approximate surface area is 221 Å². The maximum absolute atomic E-state index is 13.8. The average molecular weight is 498 g/mol. The van der Waals surface area contributed by atoms with Crippen LogP contribution >= 0.6 is 0 Å². The minimum Gasteiger partial charge on any atom is -0.354 e. The Balaban J connectivity index is 1.32. The SMILES string of the molecule is O=C(CN1C(=O)c2ccccc2[C@@H]1c1c(-c2ccccc2)[nH]c2ccccc12)N1CCc2ccccc2C1. The van der Waals surface area contributed by atoms with Crippen LogP contribution in [0.5, 0.6) is 0 Å². The molecule has 5 aromatic rings. The molecular formula is C33H27N3O2. The molecule has 2 aliphatic heterocycles. The van der Waals surface area contributed by atoms with E-state index in [2.05, 4.69) is 41.4 Å². The van der Waals surface area contributed by atoms with Gasteiger partial charge in [0.2, 0.25) is 5.91 Å². The van der Waals surface area contributed by atoms with Gasteiger partial charge in [0.15, 0.2) is 0 Å². The van der Waals surface area contributed by atoms with Crippen molar-refractivity contribution < 1.29 is 9.59 Å². The molecule has 5 nitrogen and oxygen atoms in total. The van der Waals surface area contributed by atoms with Crippen LogP contribution in [0.4, 0.5) is 0 Å². The van der Waals surface area contributed by atoms with Crippen molar-refractivity contribution in [3.63, 3.8) is 0 Å². The summed E-state index contributed by atoms with van der Waals surface area (Å²) in [7, 11) is 0. The van der Waals surface area contributed by atoms with Crippen molar-refractivity contribution in [1.29, 1.82) is 0 Å². The third kappa shape index (κ3) is 3.62. The summed E-state index contributed by atoms with van der Waals surface area (Å²) in [5.74, 6) is -0.118. The molecular weight excluding hydrogens is 470 g/mol. The number of rotatable bonds is 4. The van der Waals surface area contributed by atoms with Gasteiger partial charge < -0.3 is 14.8 Å². The zero-order valence-corrected chi connectivity index (χ0v) is 20.9. The zero-order valence-electron chi connectivity index (χ0n) is 20.9. The van der Waals surface area contributed by atoms with Gasteiger partial charge in [0.1, 0.15) is 6.54 Å². The molecule has 7 rings (SSSR count). The lowest BCUT2D eigenvalue weighted by atomic mass is 9.93. The molecule has 0 radical (unpaired) electrons. The molecule has 3 heterocycles. The fourth-order valence-electron chi connectivity index (χ4n) is 6.08. The number of amides is 2. The minimum atomic E-state index is -0.369. The Kier molecular flexibility index (Phi) is 5.36. The highest BCUT2D eigenvalue weighted by Gasteiger charge is 2.41. The Morgan fingerprint density at radius 1 is 0.816 bits per heavy atom. The van der Waals surface area contributed by atoms with E-state index in [9.17, 15) is 9.59 Å². The minimum absolute atomic E-state index is 0.0215. The van der Waals surface area contributed by atoms with Crippen molar-refractivity contribution in [2.45, 2.75) is 19.0 Å². The van der Waals surface area contributed by atoms with Crippen LogP contribution in [0.2, 0.25) is 0 Å². The number of nitrogens with one attached hydrogen (secondary N) is 1. The molecule has 2 amide bonds. The Morgan fingerprint density at radius 3 is 2.39 bits per heavy atom. The summed E-state index contributed by atoms with van der Waals surface area (Å²) in [5, 5.41) is 1.06. The third-order valence-corrected chi connectivity index (χ3v) is 7.93. The monoisotopic (exact) mass is 497 g/mol. The first-order chi connectivity index (χ1) is 18.7. The molecule has 1 atom stereocenters. The number of fused-ring (bicyclic) bond motifs is 3. The topological polar surface area (TPSA) is 56.4 Å². The van der Waals surface area contributed by atoms with E-state index in [4.69, 9.17) is 0 Å². The summed E-state index contributed by atoms with van der Waals surface area (Å²) in [4.78, 5) is 34.8. The van der Waals surface area contributed by atoms with Crippen molar-refractivity contribution >= 4 is 22.7 Å². The summed E-state index contributed by atoms with van der Waals surface area (Å²) >= 11 is 0. The van der Waals surface area contributed by atoms with Gasteiger partial charge in [0, 0.05) is 35.1 Å². The van der Waals surface area contributed by atoms with E-state index < -0.39 is 0 Å². The van der Waals surface area contributed by atoms with Gasteiger partial charge in [-0.2, -0.15) is 0 Å². The average Bonchev–Trinajstić information content (AvgIpc) is 3.48. The summed E-state index contributed by atoms with van der Waals surface area (Å²) in [6, 6.07) is 34.1. The lowest BCUT2D eigenvalue weighted by Gasteiger charge is -2.32. The molecule has 0 saturated carbocycles. The normalized spacial score (nSPS) is 16.5. The molecule has 38 heavy (non-hydrogen) atoms. The number of aromatic amines is 1. The molecule has 0 spiro atoms.